The van der Waals surface area contributed by atoms with Crippen molar-refractivity contribution in [3.63, 3.8) is 0 Å². The van der Waals surface area contributed by atoms with Gasteiger partial charge in [-0.05, 0) is 19.2 Å². The molecule has 0 aliphatic rings. The molecule has 1 atom stereocenters. The van der Waals surface area contributed by atoms with E-state index in [-0.39, 0.29) is 16.8 Å². The minimum absolute atomic E-state index is 0.131. The Morgan fingerprint density at radius 3 is 2.76 bits per heavy atom. The standard InChI is InChI=1S/C20H16ClN7S/c1-12(24-19-15(11-22)18(21)25-20(26-19)29-2)14-10-16-23-8-9-28(16)27-17(14)13-6-4-3-5-7-13/h3-10,12H,1-2H3,(H,24,25,26). The lowest BCUT2D eigenvalue weighted by atomic mass is 10.0. The Morgan fingerprint density at radius 1 is 1.24 bits per heavy atom. The van der Waals surface area contributed by atoms with E-state index in [0.29, 0.717) is 11.0 Å². The largest absolute Gasteiger partial charge is 0.362 e. The third-order valence-corrected chi connectivity index (χ3v) is 5.24. The maximum absolute atomic E-state index is 9.51. The van der Waals surface area contributed by atoms with Crippen LogP contribution in [0.1, 0.15) is 24.1 Å². The molecule has 9 heteroatoms. The van der Waals surface area contributed by atoms with Crippen LogP contribution in [-0.4, -0.2) is 30.8 Å². The fourth-order valence-corrected chi connectivity index (χ4v) is 3.64. The van der Waals surface area contributed by atoms with E-state index in [4.69, 9.17) is 16.7 Å². The van der Waals surface area contributed by atoms with Crippen molar-refractivity contribution in [2.75, 3.05) is 11.6 Å². The summed E-state index contributed by atoms with van der Waals surface area (Å²) in [5, 5.41) is 18.2. The molecular weight excluding hydrogens is 406 g/mol. The molecule has 1 unspecified atom stereocenters. The molecule has 1 aromatic carbocycles. The highest BCUT2D eigenvalue weighted by molar-refractivity contribution is 7.98. The van der Waals surface area contributed by atoms with Gasteiger partial charge in [0.05, 0.1) is 11.7 Å². The number of hydrogen-bond donors (Lipinski definition) is 1. The average Bonchev–Trinajstić information content (AvgIpc) is 3.20. The molecule has 29 heavy (non-hydrogen) atoms. The van der Waals surface area contributed by atoms with Gasteiger partial charge in [0.2, 0.25) is 0 Å². The van der Waals surface area contributed by atoms with Crippen molar-refractivity contribution in [2.24, 2.45) is 0 Å². The lowest BCUT2D eigenvalue weighted by molar-refractivity contribution is 0.830. The van der Waals surface area contributed by atoms with E-state index >= 15 is 0 Å². The number of halogens is 1. The Morgan fingerprint density at radius 2 is 2.03 bits per heavy atom. The second kappa shape index (κ2) is 8.07. The first-order valence-corrected chi connectivity index (χ1v) is 10.4. The molecule has 3 aromatic heterocycles. The van der Waals surface area contributed by atoms with Gasteiger partial charge in [-0.2, -0.15) is 10.4 Å². The van der Waals surface area contributed by atoms with Crippen LogP contribution in [0.2, 0.25) is 5.15 Å². The van der Waals surface area contributed by atoms with Crippen molar-refractivity contribution >= 4 is 34.8 Å². The first-order chi connectivity index (χ1) is 14.1. The number of fused-ring (bicyclic) bond motifs is 1. The molecule has 0 radical (unpaired) electrons. The lowest BCUT2D eigenvalue weighted by Crippen LogP contribution is -2.13. The van der Waals surface area contributed by atoms with Crippen molar-refractivity contribution in [1.82, 2.24) is 24.6 Å². The SMILES string of the molecule is CSc1nc(Cl)c(C#N)c(NC(C)c2cc3nccn3nc2-c2ccccc2)n1. The fraction of sp³-hybridized carbons (Fsp3) is 0.150. The van der Waals surface area contributed by atoms with Crippen LogP contribution < -0.4 is 5.32 Å². The number of thioether (sulfide) groups is 1. The van der Waals surface area contributed by atoms with Crippen LogP contribution >= 0.6 is 23.4 Å². The highest BCUT2D eigenvalue weighted by Gasteiger charge is 2.19. The molecule has 1 N–H and O–H groups in total. The Labute approximate surface area is 176 Å². The van der Waals surface area contributed by atoms with Crippen LogP contribution in [0.4, 0.5) is 5.82 Å². The van der Waals surface area contributed by atoms with Crippen LogP contribution in [-0.2, 0) is 0 Å². The van der Waals surface area contributed by atoms with Crippen molar-refractivity contribution in [3.8, 4) is 17.3 Å². The third-order valence-electron chi connectivity index (χ3n) is 4.42. The molecule has 0 spiro atoms. The van der Waals surface area contributed by atoms with E-state index in [2.05, 4.69) is 26.3 Å². The number of imidazole rings is 1. The van der Waals surface area contributed by atoms with Gasteiger partial charge in [-0.25, -0.2) is 19.5 Å². The van der Waals surface area contributed by atoms with Crippen LogP contribution in [0.5, 0.6) is 0 Å². The van der Waals surface area contributed by atoms with Gasteiger partial charge < -0.3 is 5.32 Å². The zero-order valence-electron chi connectivity index (χ0n) is 15.7. The molecular formula is C20H16ClN7S. The maximum atomic E-state index is 9.51. The van der Waals surface area contributed by atoms with E-state index in [0.717, 1.165) is 22.5 Å². The summed E-state index contributed by atoms with van der Waals surface area (Å²) in [7, 11) is 0. The molecule has 0 amide bonds. The number of benzene rings is 1. The minimum atomic E-state index is -0.216. The second-order valence-electron chi connectivity index (χ2n) is 6.25. The summed E-state index contributed by atoms with van der Waals surface area (Å²) in [6, 6.07) is 13.8. The summed E-state index contributed by atoms with van der Waals surface area (Å²) in [5.74, 6) is 0.395. The van der Waals surface area contributed by atoms with E-state index in [9.17, 15) is 5.26 Å². The van der Waals surface area contributed by atoms with Gasteiger partial charge in [-0.3, -0.25) is 0 Å². The summed E-state index contributed by atoms with van der Waals surface area (Å²) in [6.45, 7) is 1.98. The van der Waals surface area contributed by atoms with Crippen LogP contribution in [0.15, 0.2) is 53.9 Å². The van der Waals surface area contributed by atoms with Crippen LogP contribution in [0, 0.1) is 11.3 Å². The Hall–Kier alpha value is -3.15. The molecule has 0 bridgehead atoms. The number of rotatable bonds is 5. The predicted molar refractivity (Wildman–Crippen MR) is 114 cm³/mol. The Balaban J connectivity index is 1.81. The van der Waals surface area contributed by atoms with Crippen molar-refractivity contribution < 1.29 is 0 Å². The first kappa shape index (κ1) is 19.2. The summed E-state index contributed by atoms with van der Waals surface area (Å²) < 4.78 is 1.74. The molecule has 0 fully saturated rings. The highest BCUT2D eigenvalue weighted by atomic mass is 35.5. The topological polar surface area (TPSA) is 91.8 Å². The highest BCUT2D eigenvalue weighted by Crippen LogP contribution is 2.31. The number of nitrogens with one attached hydrogen (secondary N) is 1. The minimum Gasteiger partial charge on any atom is -0.362 e. The fourth-order valence-electron chi connectivity index (χ4n) is 3.01. The third kappa shape index (κ3) is 3.75. The molecule has 3 heterocycles. The molecule has 0 saturated heterocycles. The number of hydrogen-bond acceptors (Lipinski definition) is 7. The van der Waals surface area contributed by atoms with E-state index < -0.39 is 0 Å². The molecule has 0 saturated carbocycles. The van der Waals surface area contributed by atoms with Gasteiger partial charge in [0.1, 0.15) is 11.6 Å². The lowest BCUT2D eigenvalue weighted by Gasteiger charge is -2.19. The van der Waals surface area contributed by atoms with E-state index in [1.54, 1.807) is 10.7 Å². The maximum Gasteiger partial charge on any atom is 0.190 e. The number of nitriles is 1. The molecule has 4 rings (SSSR count). The number of nitrogens with zero attached hydrogens (tertiary/aromatic N) is 6. The normalized spacial score (nSPS) is 11.9. The van der Waals surface area contributed by atoms with Crippen molar-refractivity contribution in [3.05, 3.63) is 65.1 Å². The summed E-state index contributed by atoms with van der Waals surface area (Å²) in [6.07, 6.45) is 5.38. The summed E-state index contributed by atoms with van der Waals surface area (Å²) >= 11 is 7.54. The van der Waals surface area contributed by atoms with Gasteiger partial charge in [0.25, 0.3) is 0 Å². The van der Waals surface area contributed by atoms with E-state index in [1.807, 2.05) is 55.8 Å². The number of aromatic nitrogens is 5. The van der Waals surface area contributed by atoms with Gasteiger partial charge in [-0.15, -0.1) is 0 Å². The Kier molecular flexibility index (Phi) is 5.34. The predicted octanol–water partition coefficient (Wildman–Crippen LogP) is 4.61. The molecule has 4 aromatic rings. The zero-order valence-corrected chi connectivity index (χ0v) is 17.2. The smallest absolute Gasteiger partial charge is 0.190 e. The Bertz CT molecular complexity index is 1220. The van der Waals surface area contributed by atoms with E-state index in [1.165, 1.54) is 11.8 Å². The van der Waals surface area contributed by atoms with Crippen molar-refractivity contribution in [2.45, 2.75) is 18.1 Å². The monoisotopic (exact) mass is 421 g/mol. The van der Waals surface area contributed by atoms with Gasteiger partial charge >= 0.3 is 0 Å². The van der Waals surface area contributed by atoms with Gasteiger partial charge in [0.15, 0.2) is 21.8 Å². The number of anilines is 1. The zero-order chi connectivity index (χ0) is 20.4. The average molecular weight is 422 g/mol. The quantitative estimate of drug-likeness (QED) is 0.286. The molecule has 0 aliphatic heterocycles. The van der Waals surface area contributed by atoms with Crippen LogP contribution in [0.3, 0.4) is 0 Å². The summed E-state index contributed by atoms with van der Waals surface area (Å²) in [5.41, 5.74) is 3.68. The molecule has 7 nitrogen and oxygen atoms in total. The van der Waals surface area contributed by atoms with Crippen molar-refractivity contribution in [1.29, 1.82) is 5.26 Å². The van der Waals surface area contributed by atoms with Gasteiger partial charge in [0, 0.05) is 23.5 Å². The second-order valence-corrected chi connectivity index (χ2v) is 7.38. The summed E-state index contributed by atoms with van der Waals surface area (Å²) in [4.78, 5) is 12.9. The van der Waals surface area contributed by atoms with Crippen LogP contribution in [0.25, 0.3) is 16.9 Å². The van der Waals surface area contributed by atoms with Gasteiger partial charge in [-0.1, -0.05) is 53.7 Å². The molecule has 144 valence electrons. The first-order valence-electron chi connectivity index (χ1n) is 8.78. The molecule has 0 aliphatic carbocycles.